The van der Waals surface area contributed by atoms with Gasteiger partial charge in [0.05, 0.1) is 10.6 Å². The Kier molecular flexibility index (Phi) is 3.13. The first kappa shape index (κ1) is 11.7. The van der Waals surface area contributed by atoms with Crippen molar-refractivity contribution >= 4 is 17.1 Å². The average Bonchev–Trinajstić information content (AvgIpc) is 2.63. The zero-order valence-corrected chi connectivity index (χ0v) is 10.8. The van der Waals surface area contributed by atoms with Crippen LogP contribution in [-0.2, 0) is 16.8 Å². The number of nitrogens with zero attached hydrogens (tertiary/aromatic N) is 1. The van der Waals surface area contributed by atoms with Gasteiger partial charge in [-0.2, -0.15) is 0 Å². The highest BCUT2D eigenvalue weighted by atomic mass is 32.1. The molecule has 16 heavy (non-hydrogen) atoms. The molecule has 0 unspecified atom stereocenters. The molecule has 0 atom stereocenters. The van der Waals surface area contributed by atoms with Gasteiger partial charge < -0.3 is 4.74 Å². The summed E-state index contributed by atoms with van der Waals surface area (Å²) in [5.41, 5.74) is 0.598. The lowest BCUT2D eigenvalue weighted by atomic mass is 10.0. The number of thiazole rings is 1. The van der Waals surface area contributed by atoms with Crippen molar-refractivity contribution in [2.75, 3.05) is 6.61 Å². The molecule has 88 valence electrons. The monoisotopic (exact) mass is 239 g/mol. The molecule has 2 rings (SSSR count). The van der Waals surface area contributed by atoms with Crippen LogP contribution in [0.15, 0.2) is 0 Å². The van der Waals surface area contributed by atoms with Crippen LogP contribution in [0.25, 0.3) is 0 Å². The number of Topliss-reactive ketones (excluding diaryl/α,β-unsaturated/α-hetero) is 1. The molecule has 0 bridgehead atoms. The van der Waals surface area contributed by atoms with Gasteiger partial charge in [-0.1, -0.05) is 0 Å². The Morgan fingerprint density at radius 3 is 2.81 bits per heavy atom. The van der Waals surface area contributed by atoms with Gasteiger partial charge in [-0.3, -0.25) is 4.79 Å². The van der Waals surface area contributed by atoms with Crippen molar-refractivity contribution in [3.63, 3.8) is 0 Å². The number of aromatic nitrogens is 1. The van der Waals surface area contributed by atoms with E-state index in [1.165, 1.54) is 11.3 Å². The lowest BCUT2D eigenvalue weighted by Gasteiger charge is -2.21. The van der Waals surface area contributed by atoms with E-state index in [0.717, 1.165) is 28.4 Å². The van der Waals surface area contributed by atoms with Gasteiger partial charge in [-0.15, -0.1) is 11.3 Å². The fourth-order valence-electron chi connectivity index (χ4n) is 1.95. The van der Waals surface area contributed by atoms with Gasteiger partial charge in [-0.05, 0) is 33.6 Å². The minimum absolute atomic E-state index is 0.247. The van der Waals surface area contributed by atoms with Crippen molar-refractivity contribution in [3.05, 3.63) is 15.6 Å². The summed E-state index contributed by atoms with van der Waals surface area (Å²) >= 11 is 1.50. The molecule has 1 heterocycles. The Labute approximate surface area is 99.8 Å². The fourth-order valence-corrected chi connectivity index (χ4v) is 3.08. The van der Waals surface area contributed by atoms with Gasteiger partial charge in [0.15, 0.2) is 5.78 Å². The number of hydrogen-bond acceptors (Lipinski definition) is 4. The smallest absolute Gasteiger partial charge is 0.174 e. The van der Waals surface area contributed by atoms with Crippen molar-refractivity contribution in [2.45, 2.75) is 45.6 Å². The van der Waals surface area contributed by atoms with Crippen LogP contribution in [0.5, 0.6) is 0 Å². The topological polar surface area (TPSA) is 39.2 Å². The number of carbonyl (C=O) groups is 1. The van der Waals surface area contributed by atoms with Crippen LogP contribution >= 0.6 is 11.3 Å². The molecule has 0 aromatic carbocycles. The van der Waals surface area contributed by atoms with Gasteiger partial charge in [0.25, 0.3) is 0 Å². The summed E-state index contributed by atoms with van der Waals surface area (Å²) in [5, 5.41) is 0.926. The van der Waals surface area contributed by atoms with E-state index in [1.807, 2.05) is 20.8 Å². The third kappa shape index (κ3) is 2.04. The van der Waals surface area contributed by atoms with E-state index < -0.39 is 0 Å². The lowest BCUT2D eigenvalue weighted by Crippen LogP contribution is -2.21. The third-order valence-corrected chi connectivity index (χ3v) is 4.23. The first-order valence-corrected chi connectivity index (χ1v) is 6.53. The highest BCUT2D eigenvalue weighted by Crippen LogP contribution is 2.34. The number of ether oxygens (including phenoxy) is 1. The molecule has 0 saturated carbocycles. The van der Waals surface area contributed by atoms with Gasteiger partial charge in [0.2, 0.25) is 0 Å². The molecule has 0 spiro atoms. The van der Waals surface area contributed by atoms with E-state index in [4.69, 9.17) is 4.74 Å². The third-order valence-electron chi connectivity index (χ3n) is 2.79. The van der Waals surface area contributed by atoms with Gasteiger partial charge in [-0.25, -0.2) is 4.98 Å². The van der Waals surface area contributed by atoms with Crippen LogP contribution in [0.1, 0.15) is 54.0 Å². The molecule has 0 saturated heterocycles. The molecule has 0 aliphatic heterocycles. The highest BCUT2D eigenvalue weighted by Gasteiger charge is 2.30. The van der Waals surface area contributed by atoms with Gasteiger partial charge in [0.1, 0.15) is 10.6 Å². The van der Waals surface area contributed by atoms with E-state index in [-0.39, 0.29) is 11.4 Å². The van der Waals surface area contributed by atoms with E-state index in [2.05, 4.69) is 4.98 Å². The van der Waals surface area contributed by atoms with Crippen LogP contribution < -0.4 is 0 Å². The maximum Gasteiger partial charge on any atom is 0.174 e. The van der Waals surface area contributed by atoms with Gasteiger partial charge >= 0.3 is 0 Å². The molecule has 1 aliphatic rings. The Bertz CT molecular complexity index is 409. The standard InChI is InChI=1S/C12H17NO2S/c1-4-15-12(2,3)11-13-8-6-5-7-9(14)10(8)16-11/h4-7H2,1-3H3. The summed E-state index contributed by atoms with van der Waals surface area (Å²) in [4.78, 5) is 17.1. The summed E-state index contributed by atoms with van der Waals surface area (Å²) in [7, 11) is 0. The van der Waals surface area contributed by atoms with E-state index in [9.17, 15) is 4.79 Å². The van der Waals surface area contributed by atoms with E-state index in [1.54, 1.807) is 0 Å². The normalized spacial score (nSPS) is 16.3. The minimum Gasteiger partial charge on any atom is -0.369 e. The SMILES string of the molecule is CCOC(C)(C)c1nc2c(s1)C(=O)CCC2. The predicted octanol–water partition coefficient (Wildman–Crippen LogP) is 2.93. The maximum absolute atomic E-state index is 11.7. The second-order valence-corrected chi connectivity index (χ2v) is 5.51. The fraction of sp³-hybridized carbons (Fsp3) is 0.667. The molecule has 1 aromatic heterocycles. The van der Waals surface area contributed by atoms with Crippen molar-refractivity contribution in [3.8, 4) is 0 Å². The molecule has 0 radical (unpaired) electrons. The van der Waals surface area contributed by atoms with E-state index in [0.29, 0.717) is 13.0 Å². The van der Waals surface area contributed by atoms with Crippen LogP contribution in [0.4, 0.5) is 0 Å². The van der Waals surface area contributed by atoms with Crippen LogP contribution in [0.3, 0.4) is 0 Å². The van der Waals surface area contributed by atoms with E-state index >= 15 is 0 Å². The largest absolute Gasteiger partial charge is 0.369 e. The maximum atomic E-state index is 11.7. The van der Waals surface area contributed by atoms with Gasteiger partial charge in [0, 0.05) is 13.0 Å². The number of rotatable bonds is 3. The molecule has 1 aliphatic carbocycles. The first-order valence-electron chi connectivity index (χ1n) is 5.72. The number of ketones is 1. The molecule has 4 heteroatoms. The Morgan fingerprint density at radius 1 is 1.44 bits per heavy atom. The summed E-state index contributed by atoms with van der Waals surface area (Å²) in [6, 6.07) is 0. The highest BCUT2D eigenvalue weighted by molar-refractivity contribution is 7.14. The Hall–Kier alpha value is -0.740. The molecule has 0 fully saturated rings. The summed E-state index contributed by atoms with van der Waals surface area (Å²) in [6.45, 7) is 6.64. The predicted molar refractivity (Wildman–Crippen MR) is 64.0 cm³/mol. The molecule has 0 N–H and O–H groups in total. The summed E-state index contributed by atoms with van der Waals surface area (Å²) < 4.78 is 5.66. The summed E-state index contributed by atoms with van der Waals surface area (Å²) in [6.07, 6.45) is 2.54. The lowest BCUT2D eigenvalue weighted by molar-refractivity contribution is -0.0142. The zero-order valence-electron chi connectivity index (χ0n) is 10.0. The number of carbonyl (C=O) groups excluding carboxylic acids is 1. The number of aryl methyl sites for hydroxylation is 1. The second kappa shape index (κ2) is 4.26. The number of fused-ring (bicyclic) bond motifs is 1. The Balaban J connectivity index is 2.34. The second-order valence-electron chi connectivity index (χ2n) is 4.51. The molecule has 0 amide bonds. The molecular formula is C12H17NO2S. The van der Waals surface area contributed by atoms with Crippen molar-refractivity contribution in [1.82, 2.24) is 4.98 Å². The van der Waals surface area contributed by atoms with Crippen molar-refractivity contribution in [2.24, 2.45) is 0 Å². The molecular weight excluding hydrogens is 222 g/mol. The van der Waals surface area contributed by atoms with Crippen molar-refractivity contribution < 1.29 is 9.53 Å². The quantitative estimate of drug-likeness (QED) is 0.814. The average molecular weight is 239 g/mol. The molecule has 1 aromatic rings. The van der Waals surface area contributed by atoms with Crippen LogP contribution in [0.2, 0.25) is 0 Å². The van der Waals surface area contributed by atoms with Crippen LogP contribution in [0, 0.1) is 0 Å². The number of hydrogen-bond donors (Lipinski definition) is 0. The zero-order chi connectivity index (χ0) is 11.8. The first-order chi connectivity index (χ1) is 7.54. The van der Waals surface area contributed by atoms with Crippen molar-refractivity contribution in [1.29, 1.82) is 0 Å². The molecule has 3 nitrogen and oxygen atoms in total. The Morgan fingerprint density at radius 2 is 2.19 bits per heavy atom. The minimum atomic E-state index is -0.378. The summed E-state index contributed by atoms with van der Waals surface area (Å²) in [5.74, 6) is 0.247. The van der Waals surface area contributed by atoms with Crippen LogP contribution in [-0.4, -0.2) is 17.4 Å².